The van der Waals surface area contributed by atoms with Gasteiger partial charge in [-0.15, -0.1) is 0 Å². The largest absolute Gasteiger partial charge is 0.478 e. The van der Waals surface area contributed by atoms with Gasteiger partial charge in [0.25, 0.3) is 0 Å². The third-order valence-corrected chi connectivity index (χ3v) is 2.74. The van der Waals surface area contributed by atoms with Crippen molar-refractivity contribution in [3.63, 3.8) is 0 Å². The summed E-state index contributed by atoms with van der Waals surface area (Å²) in [4.78, 5) is 22.6. The van der Waals surface area contributed by atoms with Gasteiger partial charge in [-0.1, -0.05) is 18.2 Å². The first-order valence-corrected chi connectivity index (χ1v) is 6.62. The molecule has 0 fully saturated rings. The fourth-order valence-electron chi connectivity index (χ4n) is 1.69. The number of hydrogen-bond donors (Lipinski definition) is 3. The summed E-state index contributed by atoms with van der Waals surface area (Å²) < 4.78 is 0. The minimum atomic E-state index is -0.943. The zero-order valence-corrected chi connectivity index (χ0v) is 12.2. The maximum atomic E-state index is 11.6. The summed E-state index contributed by atoms with van der Waals surface area (Å²) in [7, 11) is 0. The lowest BCUT2D eigenvalue weighted by Crippen LogP contribution is -2.43. The maximum Gasteiger partial charge on any atom is 0.335 e. The fraction of sp³-hybridized carbons (Fsp3) is 0.467. The molecule has 1 aromatic rings. The smallest absolute Gasteiger partial charge is 0.335 e. The molecule has 1 aromatic carbocycles. The molecule has 1 rings (SSSR count). The number of carboxylic acids is 1. The van der Waals surface area contributed by atoms with Gasteiger partial charge < -0.3 is 15.7 Å². The summed E-state index contributed by atoms with van der Waals surface area (Å²) in [5.74, 6) is -1.03. The minimum Gasteiger partial charge on any atom is -0.478 e. The molecule has 5 heteroatoms. The second kappa shape index (κ2) is 7.05. The topological polar surface area (TPSA) is 78.4 Å². The van der Waals surface area contributed by atoms with E-state index in [1.807, 2.05) is 20.8 Å². The highest BCUT2D eigenvalue weighted by atomic mass is 16.4. The molecule has 0 atom stereocenters. The summed E-state index contributed by atoms with van der Waals surface area (Å²) in [5.41, 5.74) is 0.909. The molecule has 0 aliphatic rings. The average Bonchev–Trinajstić information content (AvgIpc) is 2.36. The van der Waals surface area contributed by atoms with Crippen LogP contribution in [0, 0.1) is 0 Å². The molecule has 3 N–H and O–H groups in total. The molecule has 0 heterocycles. The Morgan fingerprint density at radius 3 is 2.45 bits per heavy atom. The highest BCUT2D eigenvalue weighted by Gasteiger charge is 2.12. The Labute approximate surface area is 119 Å². The lowest BCUT2D eigenvalue weighted by molar-refractivity contribution is -0.120. The number of rotatable bonds is 6. The van der Waals surface area contributed by atoms with Crippen LogP contribution in [0.25, 0.3) is 0 Å². The van der Waals surface area contributed by atoms with Crippen LogP contribution in [0.5, 0.6) is 0 Å². The molecule has 0 spiro atoms. The predicted octanol–water partition coefficient (Wildman–Crippen LogP) is 1.43. The van der Waals surface area contributed by atoms with Crippen LogP contribution < -0.4 is 10.6 Å². The molecule has 0 aliphatic carbocycles. The first-order chi connectivity index (χ1) is 9.29. The molecule has 0 unspecified atom stereocenters. The van der Waals surface area contributed by atoms with E-state index in [4.69, 9.17) is 5.11 Å². The third-order valence-electron chi connectivity index (χ3n) is 2.74. The van der Waals surface area contributed by atoms with Crippen molar-refractivity contribution in [1.29, 1.82) is 0 Å². The van der Waals surface area contributed by atoms with Gasteiger partial charge >= 0.3 is 5.97 Å². The van der Waals surface area contributed by atoms with E-state index < -0.39 is 5.97 Å². The quantitative estimate of drug-likeness (QED) is 0.735. The van der Waals surface area contributed by atoms with Crippen LogP contribution in [0.3, 0.4) is 0 Å². The van der Waals surface area contributed by atoms with E-state index in [-0.39, 0.29) is 23.6 Å². The minimum absolute atomic E-state index is 0.0901. The van der Waals surface area contributed by atoms with E-state index in [9.17, 15) is 9.59 Å². The Balaban J connectivity index is 2.41. The van der Waals surface area contributed by atoms with Gasteiger partial charge in [0.2, 0.25) is 5.91 Å². The second-order valence-electron chi connectivity index (χ2n) is 5.67. The summed E-state index contributed by atoms with van der Waals surface area (Å²) in [6.07, 6.45) is 0.504. The second-order valence-corrected chi connectivity index (χ2v) is 5.67. The molecule has 1 amide bonds. The van der Waals surface area contributed by atoms with E-state index in [1.54, 1.807) is 24.3 Å². The zero-order valence-electron chi connectivity index (χ0n) is 12.2. The number of carbonyl (C=O) groups is 2. The highest BCUT2D eigenvalue weighted by Crippen LogP contribution is 2.08. The van der Waals surface area contributed by atoms with Crippen molar-refractivity contribution in [2.45, 2.75) is 32.7 Å². The van der Waals surface area contributed by atoms with Crippen molar-refractivity contribution < 1.29 is 14.7 Å². The average molecular weight is 278 g/mol. The van der Waals surface area contributed by atoms with Crippen LogP contribution in [0.4, 0.5) is 0 Å². The first-order valence-electron chi connectivity index (χ1n) is 6.62. The molecule has 0 bridgehead atoms. The predicted molar refractivity (Wildman–Crippen MR) is 77.9 cm³/mol. The van der Waals surface area contributed by atoms with Crippen LogP contribution in [-0.2, 0) is 11.2 Å². The summed E-state index contributed by atoms with van der Waals surface area (Å²) in [6, 6.07) is 6.83. The van der Waals surface area contributed by atoms with E-state index in [1.165, 1.54) is 0 Å². The SMILES string of the molecule is CC(C)(C)NCC(=O)NCCc1ccccc1C(=O)O. The van der Waals surface area contributed by atoms with Crippen molar-refractivity contribution in [3.05, 3.63) is 35.4 Å². The van der Waals surface area contributed by atoms with E-state index in [0.717, 1.165) is 5.56 Å². The molecule has 5 nitrogen and oxygen atoms in total. The number of amides is 1. The Bertz CT molecular complexity index is 478. The van der Waals surface area contributed by atoms with Gasteiger partial charge in [0.15, 0.2) is 0 Å². The molecule has 20 heavy (non-hydrogen) atoms. The number of carboxylic acid groups (broad SMARTS) is 1. The molecule has 0 aliphatic heterocycles. The maximum absolute atomic E-state index is 11.6. The lowest BCUT2D eigenvalue weighted by atomic mass is 10.0. The van der Waals surface area contributed by atoms with E-state index >= 15 is 0 Å². The molecular formula is C15H22N2O3. The number of nitrogens with one attached hydrogen (secondary N) is 2. The van der Waals surface area contributed by atoms with E-state index in [0.29, 0.717) is 13.0 Å². The molecule has 0 radical (unpaired) electrons. The Kier molecular flexibility index (Phi) is 5.70. The van der Waals surface area contributed by atoms with Gasteiger partial charge in [-0.3, -0.25) is 4.79 Å². The monoisotopic (exact) mass is 278 g/mol. The first kappa shape index (κ1) is 16.2. The van der Waals surface area contributed by atoms with Gasteiger partial charge in [-0.2, -0.15) is 0 Å². The van der Waals surface area contributed by atoms with Crippen LogP contribution in [0.2, 0.25) is 0 Å². The molecular weight excluding hydrogens is 256 g/mol. The Morgan fingerprint density at radius 2 is 1.85 bits per heavy atom. The van der Waals surface area contributed by atoms with Gasteiger partial charge in [0.1, 0.15) is 0 Å². The van der Waals surface area contributed by atoms with Crippen molar-refractivity contribution in [2.75, 3.05) is 13.1 Å². The van der Waals surface area contributed by atoms with Gasteiger partial charge in [-0.05, 0) is 38.8 Å². The molecule has 0 saturated carbocycles. The highest BCUT2D eigenvalue weighted by molar-refractivity contribution is 5.89. The normalized spacial score (nSPS) is 11.2. The fourth-order valence-corrected chi connectivity index (χ4v) is 1.69. The zero-order chi connectivity index (χ0) is 15.2. The summed E-state index contributed by atoms with van der Waals surface area (Å²) in [5, 5.41) is 14.9. The van der Waals surface area contributed by atoms with Crippen LogP contribution in [0.15, 0.2) is 24.3 Å². The van der Waals surface area contributed by atoms with Crippen molar-refractivity contribution in [2.24, 2.45) is 0 Å². The van der Waals surface area contributed by atoms with E-state index in [2.05, 4.69) is 10.6 Å². The molecule has 0 saturated heterocycles. The lowest BCUT2D eigenvalue weighted by Gasteiger charge is -2.20. The van der Waals surface area contributed by atoms with Crippen molar-refractivity contribution >= 4 is 11.9 Å². The van der Waals surface area contributed by atoms with Gasteiger partial charge in [0, 0.05) is 12.1 Å². The van der Waals surface area contributed by atoms with Crippen LogP contribution in [-0.4, -0.2) is 35.6 Å². The Morgan fingerprint density at radius 1 is 1.20 bits per heavy atom. The van der Waals surface area contributed by atoms with Crippen LogP contribution in [0.1, 0.15) is 36.7 Å². The summed E-state index contributed by atoms with van der Waals surface area (Å²) >= 11 is 0. The molecule has 0 aromatic heterocycles. The Hall–Kier alpha value is -1.88. The number of hydrogen-bond acceptors (Lipinski definition) is 3. The number of aromatic carboxylic acids is 1. The van der Waals surface area contributed by atoms with Crippen molar-refractivity contribution in [1.82, 2.24) is 10.6 Å². The number of benzene rings is 1. The van der Waals surface area contributed by atoms with Crippen molar-refractivity contribution in [3.8, 4) is 0 Å². The molecule has 110 valence electrons. The van der Waals surface area contributed by atoms with Crippen LogP contribution >= 0.6 is 0 Å². The number of carbonyl (C=O) groups excluding carboxylic acids is 1. The third kappa shape index (κ3) is 5.84. The van der Waals surface area contributed by atoms with Gasteiger partial charge in [-0.25, -0.2) is 4.79 Å². The standard InChI is InChI=1S/C15H22N2O3/c1-15(2,3)17-10-13(18)16-9-8-11-6-4-5-7-12(11)14(19)20/h4-7,17H,8-10H2,1-3H3,(H,16,18)(H,19,20). The van der Waals surface area contributed by atoms with Gasteiger partial charge in [0.05, 0.1) is 12.1 Å². The summed E-state index contributed by atoms with van der Waals surface area (Å²) in [6.45, 7) is 6.65.